The van der Waals surface area contributed by atoms with E-state index < -0.39 is 6.04 Å². The summed E-state index contributed by atoms with van der Waals surface area (Å²) < 4.78 is 2.07. The van der Waals surface area contributed by atoms with E-state index in [2.05, 4.69) is 43.8 Å². The van der Waals surface area contributed by atoms with Crippen molar-refractivity contribution >= 4 is 62.5 Å². The minimum atomic E-state index is -0.439. The summed E-state index contributed by atoms with van der Waals surface area (Å²) >= 11 is 5.59. The zero-order valence-electron chi connectivity index (χ0n) is 8.67. The van der Waals surface area contributed by atoms with E-state index in [1.54, 1.807) is 0 Å². The van der Waals surface area contributed by atoms with E-state index in [9.17, 15) is 4.79 Å². The molecule has 1 atom stereocenters. The van der Waals surface area contributed by atoms with E-state index in [1.165, 1.54) is 0 Å². The van der Waals surface area contributed by atoms with Gasteiger partial charge in [-0.1, -0.05) is 6.92 Å². The third kappa shape index (κ3) is 4.57. The highest BCUT2D eigenvalue weighted by Crippen LogP contribution is 2.22. The van der Waals surface area contributed by atoms with E-state index in [-0.39, 0.29) is 18.3 Å². The number of hydrogen-bond donors (Lipinski definition) is 2. The summed E-state index contributed by atoms with van der Waals surface area (Å²) in [7, 11) is 0. The Morgan fingerprint density at radius 2 is 2.25 bits per heavy atom. The van der Waals surface area contributed by atoms with Gasteiger partial charge in [-0.15, -0.1) is 12.4 Å². The highest BCUT2D eigenvalue weighted by Gasteiger charge is 2.11. The van der Waals surface area contributed by atoms with Crippen LogP contribution in [-0.4, -0.2) is 11.9 Å². The van der Waals surface area contributed by atoms with Crippen molar-refractivity contribution in [3.05, 3.63) is 26.2 Å². The maximum Gasteiger partial charge on any atom is 0.241 e. The van der Waals surface area contributed by atoms with Gasteiger partial charge in [-0.25, -0.2) is 0 Å². The van der Waals surface area contributed by atoms with Crippen molar-refractivity contribution in [2.45, 2.75) is 19.4 Å². The maximum atomic E-state index is 11.5. The Bertz CT molecular complexity index is 376. The molecule has 6 heteroatoms. The van der Waals surface area contributed by atoms with Gasteiger partial charge >= 0.3 is 0 Å². The van der Waals surface area contributed by atoms with Crippen LogP contribution in [0, 0.1) is 3.57 Å². The lowest BCUT2D eigenvalue weighted by Gasteiger charge is -2.10. The first-order valence-electron chi connectivity index (χ1n) is 4.56. The second-order valence-corrected chi connectivity index (χ2v) is 5.15. The van der Waals surface area contributed by atoms with Gasteiger partial charge in [0.25, 0.3) is 0 Å². The average molecular weight is 419 g/mol. The van der Waals surface area contributed by atoms with Crippen LogP contribution < -0.4 is 11.1 Å². The normalized spacial score (nSPS) is 11.5. The molecule has 0 radical (unpaired) electrons. The molecule has 3 nitrogen and oxygen atoms in total. The Kier molecular flexibility index (Phi) is 7.54. The summed E-state index contributed by atoms with van der Waals surface area (Å²) in [6.07, 6.45) is 0.638. The van der Waals surface area contributed by atoms with Gasteiger partial charge in [0.05, 0.1) is 6.04 Å². The van der Waals surface area contributed by atoms with Crippen LogP contribution in [-0.2, 0) is 4.79 Å². The van der Waals surface area contributed by atoms with Crippen LogP contribution in [0.2, 0.25) is 0 Å². The Labute approximate surface area is 123 Å². The van der Waals surface area contributed by atoms with Crippen molar-refractivity contribution in [2.75, 3.05) is 5.32 Å². The number of carbonyl (C=O) groups is 1. The molecule has 0 bridgehead atoms. The molecule has 1 rings (SSSR count). The number of nitrogens with two attached hydrogens (primary N) is 1. The average Bonchev–Trinajstić information content (AvgIpc) is 2.22. The third-order valence-electron chi connectivity index (χ3n) is 1.96. The van der Waals surface area contributed by atoms with Gasteiger partial charge in [-0.2, -0.15) is 0 Å². The van der Waals surface area contributed by atoms with Gasteiger partial charge in [0.1, 0.15) is 0 Å². The molecule has 90 valence electrons. The van der Waals surface area contributed by atoms with Gasteiger partial charge in [0.2, 0.25) is 5.91 Å². The van der Waals surface area contributed by atoms with Crippen molar-refractivity contribution in [1.82, 2.24) is 0 Å². The predicted molar refractivity (Wildman–Crippen MR) is 81.0 cm³/mol. The number of nitrogens with one attached hydrogen (secondary N) is 1. The van der Waals surface area contributed by atoms with Gasteiger partial charge < -0.3 is 11.1 Å². The van der Waals surface area contributed by atoms with Crippen LogP contribution in [0.1, 0.15) is 13.3 Å². The molecule has 0 saturated carbocycles. The van der Waals surface area contributed by atoms with Crippen molar-refractivity contribution in [3.8, 4) is 0 Å². The largest absolute Gasteiger partial charge is 0.325 e. The molecule has 0 aliphatic heterocycles. The molecule has 16 heavy (non-hydrogen) atoms. The second kappa shape index (κ2) is 7.47. The molecule has 3 N–H and O–H groups in total. The first kappa shape index (κ1) is 16.1. The monoisotopic (exact) mass is 418 g/mol. The number of hydrogen-bond acceptors (Lipinski definition) is 2. The van der Waals surface area contributed by atoms with Crippen molar-refractivity contribution < 1.29 is 4.79 Å². The highest BCUT2D eigenvalue weighted by molar-refractivity contribution is 14.1. The highest BCUT2D eigenvalue weighted by atomic mass is 127. The lowest BCUT2D eigenvalue weighted by molar-refractivity contribution is -0.117. The molecule has 1 amide bonds. The maximum absolute atomic E-state index is 11.5. The molecule has 0 spiro atoms. The summed E-state index contributed by atoms with van der Waals surface area (Å²) in [5, 5.41) is 2.77. The summed E-state index contributed by atoms with van der Waals surface area (Å²) in [5.74, 6) is -0.143. The van der Waals surface area contributed by atoms with Crippen LogP contribution in [0.15, 0.2) is 22.7 Å². The lowest BCUT2D eigenvalue weighted by Crippen LogP contribution is -2.34. The molecule has 0 saturated heterocycles. The minimum absolute atomic E-state index is 0. The minimum Gasteiger partial charge on any atom is -0.325 e. The molecule has 0 aliphatic rings. The number of amides is 1. The van der Waals surface area contributed by atoms with Crippen LogP contribution in [0.5, 0.6) is 0 Å². The number of rotatable bonds is 3. The quantitative estimate of drug-likeness (QED) is 0.740. The van der Waals surface area contributed by atoms with E-state index in [0.29, 0.717) is 6.42 Å². The van der Waals surface area contributed by atoms with Crippen molar-refractivity contribution in [2.24, 2.45) is 5.73 Å². The summed E-state index contributed by atoms with van der Waals surface area (Å²) in [6.45, 7) is 1.88. The van der Waals surface area contributed by atoms with E-state index in [4.69, 9.17) is 5.73 Å². The Hall–Kier alpha value is 0.150. The zero-order valence-corrected chi connectivity index (χ0v) is 13.2. The second-order valence-electron chi connectivity index (χ2n) is 3.13. The van der Waals surface area contributed by atoms with Crippen LogP contribution in [0.3, 0.4) is 0 Å². The fraction of sp³-hybridized carbons (Fsp3) is 0.300. The van der Waals surface area contributed by atoms with Crippen molar-refractivity contribution in [3.63, 3.8) is 0 Å². The summed E-state index contributed by atoms with van der Waals surface area (Å²) in [5.41, 5.74) is 6.38. The van der Waals surface area contributed by atoms with Crippen LogP contribution in [0.4, 0.5) is 5.69 Å². The topological polar surface area (TPSA) is 55.1 Å². The standard InChI is InChI=1S/C10H12BrIN2O.ClH/c1-2-9(13)10(15)14-6-3-4-7(11)8(12)5-6;/h3-5,9H,2,13H2,1H3,(H,14,15);1H/t9-;/m0./s1. The smallest absolute Gasteiger partial charge is 0.241 e. The van der Waals surface area contributed by atoms with Crippen molar-refractivity contribution in [1.29, 1.82) is 0 Å². The molecule has 1 aromatic rings. The SMILES string of the molecule is CC[C@H](N)C(=O)Nc1ccc(Br)c(I)c1.Cl. The van der Waals surface area contributed by atoms with Crippen LogP contribution in [0.25, 0.3) is 0 Å². The molecule has 0 aromatic heterocycles. The number of halogens is 3. The fourth-order valence-electron chi connectivity index (χ4n) is 0.994. The first-order chi connectivity index (χ1) is 7.04. The fourth-order valence-corrected chi connectivity index (χ4v) is 1.76. The molecule has 0 unspecified atom stereocenters. The van der Waals surface area contributed by atoms with Gasteiger partial charge in [-0.05, 0) is 63.1 Å². The molecular formula is C10H13BrClIN2O. The predicted octanol–water partition coefficient (Wildman–Crippen LogP) is 3.15. The van der Waals surface area contributed by atoms with E-state index in [1.807, 2.05) is 25.1 Å². The molecule has 0 aliphatic carbocycles. The first-order valence-corrected chi connectivity index (χ1v) is 6.43. The molecule has 1 aromatic carbocycles. The number of anilines is 1. The Balaban J connectivity index is 0.00000225. The molecule has 0 heterocycles. The van der Waals surface area contributed by atoms with Gasteiger partial charge in [0, 0.05) is 13.7 Å². The molecular weight excluding hydrogens is 406 g/mol. The van der Waals surface area contributed by atoms with Gasteiger partial charge in [-0.3, -0.25) is 4.79 Å². The number of carbonyl (C=O) groups excluding carboxylic acids is 1. The van der Waals surface area contributed by atoms with Gasteiger partial charge in [0.15, 0.2) is 0 Å². The third-order valence-corrected chi connectivity index (χ3v) is 4.29. The van der Waals surface area contributed by atoms with Crippen LogP contribution >= 0.6 is 50.9 Å². The zero-order chi connectivity index (χ0) is 11.4. The van der Waals surface area contributed by atoms with E-state index in [0.717, 1.165) is 13.7 Å². The summed E-state index contributed by atoms with van der Waals surface area (Å²) in [4.78, 5) is 11.5. The molecule has 0 fully saturated rings. The lowest BCUT2D eigenvalue weighted by atomic mass is 10.2. The Morgan fingerprint density at radius 3 is 2.75 bits per heavy atom. The Morgan fingerprint density at radius 1 is 1.62 bits per heavy atom. The van der Waals surface area contributed by atoms with E-state index >= 15 is 0 Å². The summed E-state index contributed by atoms with van der Waals surface area (Å²) in [6, 6.07) is 5.19. The number of benzene rings is 1.